The first kappa shape index (κ1) is 11.5. The molecule has 4 nitrogen and oxygen atoms in total. The zero-order valence-corrected chi connectivity index (χ0v) is 9.99. The maximum Gasteiger partial charge on any atom is 0.326 e. The molecule has 0 radical (unpaired) electrons. The van der Waals surface area contributed by atoms with Crippen LogP contribution in [0.25, 0.3) is 11.0 Å². The number of aromatic amines is 1. The van der Waals surface area contributed by atoms with E-state index >= 15 is 0 Å². The molecule has 1 saturated heterocycles. The molecule has 5 heteroatoms. The lowest BCUT2D eigenvalue weighted by molar-refractivity contribution is 0.0613. The minimum Gasteiger partial charge on any atom is -0.381 e. The highest BCUT2D eigenvalue weighted by atomic mass is 19.1. The Morgan fingerprint density at radius 3 is 2.94 bits per heavy atom. The molecule has 1 fully saturated rings. The molecule has 0 bridgehead atoms. The van der Waals surface area contributed by atoms with Crippen LogP contribution in [0, 0.1) is 11.7 Å². The molecule has 1 aliphatic heterocycles. The van der Waals surface area contributed by atoms with E-state index in [1.54, 1.807) is 10.6 Å². The van der Waals surface area contributed by atoms with Crippen LogP contribution < -0.4 is 5.69 Å². The van der Waals surface area contributed by atoms with Crippen LogP contribution in [-0.4, -0.2) is 22.8 Å². The standard InChI is InChI=1S/C13H15FN2O2/c14-10-1-2-11-12(7-10)16(13(17)15-11)8-9-3-5-18-6-4-9/h1-2,7,9H,3-6,8H2,(H,15,17). The topological polar surface area (TPSA) is 47.0 Å². The number of hydrogen-bond acceptors (Lipinski definition) is 2. The number of halogens is 1. The molecular weight excluding hydrogens is 235 g/mol. The normalized spacial score (nSPS) is 17.4. The summed E-state index contributed by atoms with van der Waals surface area (Å²) in [5.41, 5.74) is 1.17. The van der Waals surface area contributed by atoms with Crippen LogP contribution in [0.15, 0.2) is 23.0 Å². The van der Waals surface area contributed by atoms with Crippen molar-refractivity contribution in [3.63, 3.8) is 0 Å². The molecule has 1 aromatic carbocycles. The Labute approximate surface area is 103 Å². The van der Waals surface area contributed by atoms with E-state index < -0.39 is 0 Å². The van der Waals surface area contributed by atoms with Gasteiger partial charge in [0, 0.05) is 19.8 Å². The van der Waals surface area contributed by atoms with E-state index in [1.165, 1.54) is 12.1 Å². The van der Waals surface area contributed by atoms with Crippen LogP contribution in [-0.2, 0) is 11.3 Å². The molecule has 2 heterocycles. The number of ether oxygens (including phenoxy) is 1. The smallest absolute Gasteiger partial charge is 0.326 e. The van der Waals surface area contributed by atoms with Crippen LogP contribution in [0.4, 0.5) is 4.39 Å². The molecule has 1 aromatic heterocycles. The highest BCUT2D eigenvalue weighted by molar-refractivity contribution is 5.75. The van der Waals surface area contributed by atoms with Gasteiger partial charge in [0.2, 0.25) is 0 Å². The number of aromatic nitrogens is 2. The zero-order chi connectivity index (χ0) is 12.5. The van der Waals surface area contributed by atoms with Crippen molar-refractivity contribution in [2.45, 2.75) is 19.4 Å². The molecule has 1 aliphatic rings. The van der Waals surface area contributed by atoms with E-state index in [2.05, 4.69) is 4.98 Å². The summed E-state index contributed by atoms with van der Waals surface area (Å²) in [4.78, 5) is 14.6. The molecule has 2 aromatic rings. The van der Waals surface area contributed by atoms with Crippen molar-refractivity contribution < 1.29 is 9.13 Å². The molecule has 0 saturated carbocycles. The van der Waals surface area contributed by atoms with E-state index in [9.17, 15) is 9.18 Å². The fourth-order valence-corrected chi connectivity index (χ4v) is 2.49. The summed E-state index contributed by atoms with van der Waals surface area (Å²) in [5.74, 6) is 0.112. The van der Waals surface area contributed by atoms with E-state index in [0.29, 0.717) is 23.5 Å². The van der Waals surface area contributed by atoms with E-state index in [1.807, 2.05) is 0 Å². The number of benzene rings is 1. The first-order chi connectivity index (χ1) is 8.74. The summed E-state index contributed by atoms with van der Waals surface area (Å²) < 4.78 is 20.2. The third-order valence-electron chi connectivity index (χ3n) is 3.52. The summed E-state index contributed by atoms with van der Waals surface area (Å²) in [5, 5.41) is 0. The molecule has 3 rings (SSSR count). The van der Waals surface area contributed by atoms with Gasteiger partial charge in [0.25, 0.3) is 0 Å². The molecule has 0 atom stereocenters. The summed E-state index contributed by atoms with van der Waals surface area (Å²) in [6, 6.07) is 4.37. The summed E-state index contributed by atoms with van der Waals surface area (Å²) in [6.45, 7) is 2.12. The van der Waals surface area contributed by atoms with Gasteiger partial charge in [-0.1, -0.05) is 0 Å². The van der Waals surface area contributed by atoms with Crippen molar-refractivity contribution in [1.29, 1.82) is 0 Å². The molecule has 0 aliphatic carbocycles. The predicted molar refractivity (Wildman–Crippen MR) is 66.1 cm³/mol. The predicted octanol–water partition coefficient (Wildman–Crippen LogP) is 1.90. The molecule has 0 unspecified atom stereocenters. The number of rotatable bonds is 2. The largest absolute Gasteiger partial charge is 0.381 e. The second-order valence-electron chi connectivity index (χ2n) is 4.76. The van der Waals surface area contributed by atoms with Crippen molar-refractivity contribution in [3.05, 3.63) is 34.5 Å². The number of fused-ring (bicyclic) bond motifs is 1. The minimum absolute atomic E-state index is 0.165. The van der Waals surface area contributed by atoms with Gasteiger partial charge in [-0.05, 0) is 37.0 Å². The van der Waals surface area contributed by atoms with Gasteiger partial charge in [0.15, 0.2) is 0 Å². The zero-order valence-electron chi connectivity index (χ0n) is 9.99. The Balaban J connectivity index is 1.97. The quantitative estimate of drug-likeness (QED) is 0.884. The average Bonchev–Trinajstić information content (AvgIpc) is 2.67. The monoisotopic (exact) mass is 250 g/mol. The number of nitrogens with one attached hydrogen (secondary N) is 1. The van der Waals surface area contributed by atoms with Crippen LogP contribution in [0.5, 0.6) is 0 Å². The lowest BCUT2D eigenvalue weighted by atomic mass is 10.0. The first-order valence-corrected chi connectivity index (χ1v) is 6.20. The second kappa shape index (κ2) is 4.57. The maximum absolute atomic E-state index is 13.3. The van der Waals surface area contributed by atoms with Crippen LogP contribution in [0.3, 0.4) is 0 Å². The molecule has 96 valence electrons. The van der Waals surface area contributed by atoms with Crippen LogP contribution in [0.2, 0.25) is 0 Å². The minimum atomic E-state index is -0.317. The molecule has 0 spiro atoms. The lowest BCUT2D eigenvalue weighted by Crippen LogP contribution is -2.25. The van der Waals surface area contributed by atoms with Crippen molar-refractivity contribution in [2.75, 3.05) is 13.2 Å². The summed E-state index contributed by atoms with van der Waals surface area (Å²) in [7, 11) is 0. The Bertz CT molecular complexity index is 611. The first-order valence-electron chi connectivity index (χ1n) is 6.20. The van der Waals surface area contributed by atoms with E-state index in [0.717, 1.165) is 26.1 Å². The number of nitrogens with zero attached hydrogens (tertiary/aromatic N) is 1. The number of H-pyrrole nitrogens is 1. The maximum atomic E-state index is 13.3. The van der Waals surface area contributed by atoms with Crippen molar-refractivity contribution in [2.24, 2.45) is 5.92 Å². The second-order valence-corrected chi connectivity index (χ2v) is 4.76. The van der Waals surface area contributed by atoms with Gasteiger partial charge in [0.05, 0.1) is 11.0 Å². The van der Waals surface area contributed by atoms with Gasteiger partial charge in [-0.25, -0.2) is 9.18 Å². The Kier molecular flexibility index (Phi) is 2.91. The number of hydrogen-bond donors (Lipinski definition) is 1. The molecule has 0 amide bonds. The lowest BCUT2D eigenvalue weighted by Gasteiger charge is -2.22. The molecule has 18 heavy (non-hydrogen) atoms. The third kappa shape index (κ3) is 2.06. The number of imidazole rings is 1. The molecule has 1 N–H and O–H groups in total. The van der Waals surface area contributed by atoms with Crippen LogP contribution in [0.1, 0.15) is 12.8 Å². The van der Waals surface area contributed by atoms with Gasteiger partial charge in [-0.2, -0.15) is 0 Å². The fourth-order valence-electron chi connectivity index (χ4n) is 2.49. The summed E-state index contributed by atoms with van der Waals surface area (Å²) >= 11 is 0. The van der Waals surface area contributed by atoms with E-state index in [4.69, 9.17) is 4.74 Å². The average molecular weight is 250 g/mol. The Morgan fingerprint density at radius 1 is 1.39 bits per heavy atom. The summed E-state index contributed by atoms with van der Waals surface area (Å²) in [6.07, 6.45) is 1.91. The van der Waals surface area contributed by atoms with Crippen molar-refractivity contribution in [1.82, 2.24) is 9.55 Å². The SMILES string of the molecule is O=c1[nH]c2ccc(F)cc2n1CC1CCOCC1. The van der Waals surface area contributed by atoms with Gasteiger partial charge in [-0.3, -0.25) is 4.57 Å². The Hall–Kier alpha value is -1.62. The fraction of sp³-hybridized carbons (Fsp3) is 0.462. The van der Waals surface area contributed by atoms with Gasteiger partial charge >= 0.3 is 5.69 Å². The highest BCUT2D eigenvalue weighted by Gasteiger charge is 2.17. The van der Waals surface area contributed by atoms with Crippen molar-refractivity contribution in [3.8, 4) is 0 Å². The molecular formula is C13H15FN2O2. The Morgan fingerprint density at radius 2 is 2.17 bits per heavy atom. The van der Waals surface area contributed by atoms with Gasteiger partial charge in [0.1, 0.15) is 5.82 Å². The highest BCUT2D eigenvalue weighted by Crippen LogP contribution is 2.19. The van der Waals surface area contributed by atoms with Gasteiger partial charge < -0.3 is 9.72 Å². The van der Waals surface area contributed by atoms with Gasteiger partial charge in [-0.15, -0.1) is 0 Å². The van der Waals surface area contributed by atoms with E-state index in [-0.39, 0.29) is 11.5 Å². The van der Waals surface area contributed by atoms with Crippen LogP contribution >= 0.6 is 0 Å². The third-order valence-corrected chi connectivity index (χ3v) is 3.52. The van der Waals surface area contributed by atoms with Crippen molar-refractivity contribution >= 4 is 11.0 Å².